The van der Waals surface area contributed by atoms with Crippen molar-refractivity contribution in [1.29, 1.82) is 0 Å². The highest BCUT2D eigenvalue weighted by Crippen LogP contribution is 2.17. The minimum absolute atomic E-state index is 0.399. The van der Waals surface area contributed by atoms with Crippen LogP contribution >= 0.6 is 0 Å². The zero-order chi connectivity index (χ0) is 14.0. The van der Waals surface area contributed by atoms with Gasteiger partial charge in [0.15, 0.2) is 5.78 Å². The van der Waals surface area contributed by atoms with Crippen LogP contribution in [0.5, 0.6) is 0 Å². The predicted octanol–water partition coefficient (Wildman–Crippen LogP) is 3.67. The second-order valence-electron chi connectivity index (χ2n) is 3.92. The van der Waals surface area contributed by atoms with Gasteiger partial charge in [-0.25, -0.2) is 17.6 Å². The maximum absolute atomic E-state index is 13.4. The molecule has 0 aromatic heterocycles. The third-order valence-corrected chi connectivity index (χ3v) is 2.63. The second kappa shape index (κ2) is 5.22. The predicted molar refractivity (Wildman–Crippen MR) is 60.8 cm³/mol. The second-order valence-corrected chi connectivity index (χ2v) is 3.92. The molecule has 0 N–H and O–H groups in total. The number of hydrogen-bond donors (Lipinski definition) is 0. The Morgan fingerprint density at radius 3 is 2.11 bits per heavy atom. The Balaban J connectivity index is 2.31. The lowest BCUT2D eigenvalue weighted by Crippen LogP contribution is -2.09. The highest BCUT2D eigenvalue weighted by Gasteiger charge is 2.17. The third kappa shape index (κ3) is 2.81. The molecule has 2 aromatic rings. The molecule has 0 aliphatic rings. The molecule has 0 fully saturated rings. The summed E-state index contributed by atoms with van der Waals surface area (Å²) >= 11 is 0. The Bertz CT molecular complexity index is 617. The number of carbonyl (C=O) groups excluding carboxylic acids is 1. The molecular formula is C14H8F4O. The molecule has 0 radical (unpaired) electrons. The van der Waals surface area contributed by atoms with Crippen LogP contribution in [0.4, 0.5) is 17.6 Å². The largest absolute Gasteiger partial charge is 0.294 e. The van der Waals surface area contributed by atoms with Crippen LogP contribution in [0.1, 0.15) is 15.9 Å². The first-order valence-corrected chi connectivity index (χ1v) is 5.40. The van der Waals surface area contributed by atoms with Gasteiger partial charge in [0.2, 0.25) is 0 Å². The molecular weight excluding hydrogens is 260 g/mol. The molecule has 0 atom stereocenters. The minimum Gasteiger partial charge on any atom is -0.294 e. The SMILES string of the molecule is O=C(Cc1c(F)cccc1F)c1ccc(F)cc1F. The van der Waals surface area contributed by atoms with E-state index in [1.165, 1.54) is 0 Å². The molecule has 98 valence electrons. The van der Waals surface area contributed by atoms with E-state index in [1.807, 2.05) is 0 Å². The Morgan fingerprint density at radius 1 is 0.895 bits per heavy atom. The lowest BCUT2D eigenvalue weighted by molar-refractivity contribution is 0.0986. The van der Waals surface area contributed by atoms with Crippen molar-refractivity contribution in [1.82, 2.24) is 0 Å². The highest BCUT2D eigenvalue weighted by molar-refractivity contribution is 5.97. The molecule has 0 amide bonds. The van der Waals surface area contributed by atoms with Crippen LogP contribution in [0, 0.1) is 23.3 Å². The van der Waals surface area contributed by atoms with Crippen LogP contribution in [0.3, 0.4) is 0 Å². The summed E-state index contributed by atoms with van der Waals surface area (Å²) in [6.07, 6.45) is -0.624. The number of Topliss-reactive ketones (excluding diaryl/α,β-unsaturated/α-hetero) is 1. The number of rotatable bonds is 3. The molecule has 19 heavy (non-hydrogen) atoms. The van der Waals surface area contributed by atoms with Crippen LogP contribution in [-0.2, 0) is 6.42 Å². The summed E-state index contributed by atoms with van der Waals surface area (Å²) in [5.74, 6) is -4.46. The van der Waals surface area contributed by atoms with E-state index in [1.54, 1.807) is 0 Å². The van der Waals surface area contributed by atoms with Gasteiger partial charge in [-0.05, 0) is 24.3 Å². The van der Waals surface area contributed by atoms with Gasteiger partial charge >= 0.3 is 0 Å². The first-order chi connectivity index (χ1) is 8.99. The zero-order valence-electron chi connectivity index (χ0n) is 9.59. The van der Waals surface area contributed by atoms with Crippen molar-refractivity contribution in [3.8, 4) is 0 Å². The standard InChI is InChI=1S/C14H8F4O/c15-8-4-5-9(13(18)6-8)14(19)7-10-11(16)2-1-3-12(10)17/h1-6H,7H2. The Hall–Kier alpha value is -2.17. The van der Waals surface area contributed by atoms with Crippen molar-refractivity contribution in [2.75, 3.05) is 0 Å². The molecule has 0 unspecified atom stereocenters. The molecule has 0 spiro atoms. The van der Waals surface area contributed by atoms with Crippen LogP contribution in [0.2, 0.25) is 0 Å². The topological polar surface area (TPSA) is 17.1 Å². The van der Waals surface area contributed by atoms with Gasteiger partial charge in [0.05, 0.1) is 5.56 Å². The number of halogens is 4. The Labute approximate surface area is 106 Å². The average molecular weight is 268 g/mol. The average Bonchev–Trinajstić information content (AvgIpc) is 2.33. The summed E-state index contributed by atoms with van der Waals surface area (Å²) in [5.41, 5.74) is -0.833. The van der Waals surface area contributed by atoms with Gasteiger partial charge in [0, 0.05) is 18.1 Å². The summed E-state index contributed by atoms with van der Waals surface area (Å²) in [7, 11) is 0. The van der Waals surface area contributed by atoms with E-state index in [4.69, 9.17) is 0 Å². The van der Waals surface area contributed by atoms with E-state index >= 15 is 0 Å². The molecule has 0 saturated heterocycles. The van der Waals surface area contributed by atoms with Crippen molar-refractivity contribution in [3.05, 3.63) is 70.8 Å². The van der Waals surface area contributed by atoms with Crippen LogP contribution in [0.25, 0.3) is 0 Å². The fourth-order valence-corrected chi connectivity index (χ4v) is 1.67. The molecule has 0 saturated carbocycles. The highest BCUT2D eigenvalue weighted by atomic mass is 19.1. The van der Waals surface area contributed by atoms with Crippen molar-refractivity contribution in [3.63, 3.8) is 0 Å². The lowest BCUT2D eigenvalue weighted by atomic mass is 10.0. The summed E-state index contributed by atoms with van der Waals surface area (Å²) < 4.78 is 52.7. The quantitative estimate of drug-likeness (QED) is 0.613. The number of ketones is 1. The molecule has 1 nitrogen and oxygen atoms in total. The molecule has 2 rings (SSSR count). The van der Waals surface area contributed by atoms with E-state index < -0.39 is 46.6 Å². The van der Waals surface area contributed by atoms with Crippen LogP contribution in [-0.4, -0.2) is 5.78 Å². The van der Waals surface area contributed by atoms with Crippen molar-refractivity contribution in [2.24, 2.45) is 0 Å². The number of benzene rings is 2. The fourth-order valence-electron chi connectivity index (χ4n) is 1.67. The van der Waals surface area contributed by atoms with E-state index in [0.29, 0.717) is 6.07 Å². The summed E-state index contributed by atoms with van der Waals surface area (Å²) in [6.45, 7) is 0. The van der Waals surface area contributed by atoms with Crippen LogP contribution in [0.15, 0.2) is 36.4 Å². The van der Waals surface area contributed by atoms with E-state index in [-0.39, 0.29) is 0 Å². The van der Waals surface area contributed by atoms with Crippen LogP contribution < -0.4 is 0 Å². The smallest absolute Gasteiger partial charge is 0.170 e. The molecule has 0 bridgehead atoms. The fraction of sp³-hybridized carbons (Fsp3) is 0.0714. The van der Waals surface area contributed by atoms with Gasteiger partial charge < -0.3 is 0 Å². The zero-order valence-corrected chi connectivity index (χ0v) is 9.59. The van der Waals surface area contributed by atoms with Gasteiger partial charge in [-0.2, -0.15) is 0 Å². The van der Waals surface area contributed by atoms with E-state index in [2.05, 4.69) is 0 Å². The first kappa shape index (κ1) is 13.3. The van der Waals surface area contributed by atoms with Gasteiger partial charge in [-0.3, -0.25) is 4.79 Å². The normalized spacial score (nSPS) is 10.5. The summed E-state index contributed by atoms with van der Waals surface area (Å²) in [6, 6.07) is 5.58. The van der Waals surface area contributed by atoms with Gasteiger partial charge in [0.25, 0.3) is 0 Å². The number of carbonyl (C=O) groups is 1. The number of hydrogen-bond acceptors (Lipinski definition) is 1. The minimum atomic E-state index is -1.05. The maximum Gasteiger partial charge on any atom is 0.170 e. The van der Waals surface area contributed by atoms with Crippen molar-refractivity contribution < 1.29 is 22.4 Å². The monoisotopic (exact) mass is 268 g/mol. The molecule has 2 aromatic carbocycles. The van der Waals surface area contributed by atoms with Gasteiger partial charge in [-0.1, -0.05) is 6.07 Å². The lowest BCUT2D eigenvalue weighted by Gasteiger charge is -2.05. The van der Waals surface area contributed by atoms with Crippen molar-refractivity contribution >= 4 is 5.78 Å². The molecule has 0 aliphatic carbocycles. The molecule has 0 heterocycles. The van der Waals surface area contributed by atoms with Gasteiger partial charge in [0.1, 0.15) is 23.3 Å². The van der Waals surface area contributed by atoms with E-state index in [9.17, 15) is 22.4 Å². The Kier molecular flexibility index (Phi) is 3.64. The molecule has 0 aliphatic heterocycles. The summed E-state index contributed by atoms with van der Waals surface area (Å²) in [5, 5.41) is 0. The van der Waals surface area contributed by atoms with Gasteiger partial charge in [-0.15, -0.1) is 0 Å². The Morgan fingerprint density at radius 2 is 1.53 bits per heavy atom. The first-order valence-electron chi connectivity index (χ1n) is 5.40. The van der Waals surface area contributed by atoms with E-state index in [0.717, 1.165) is 30.3 Å². The summed E-state index contributed by atoms with van der Waals surface area (Å²) in [4.78, 5) is 11.8. The molecule has 5 heteroatoms. The maximum atomic E-state index is 13.4. The van der Waals surface area contributed by atoms with Crippen molar-refractivity contribution in [2.45, 2.75) is 6.42 Å². The third-order valence-electron chi connectivity index (χ3n) is 2.63.